The van der Waals surface area contributed by atoms with Crippen LogP contribution >= 0.6 is 12.6 Å². The molecule has 0 fully saturated rings. The van der Waals surface area contributed by atoms with Crippen LogP contribution in [-0.2, 0) is 0 Å². The highest BCUT2D eigenvalue weighted by atomic mass is 32.1. The molecule has 0 N–H and O–H groups in total. The van der Waals surface area contributed by atoms with Crippen LogP contribution in [0.4, 0.5) is 0 Å². The van der Waals surface area contributed by atoms with Gasteiger partial charge in [-0.2, -0.15) is 0 Å². The van der Waals surface area contributed by atoms with Gasteiger partial charge in [-0.25, -0.2) is 0 Å². The minimum absolute atomic E-state index is 0.209. The van der Waals surface area contributed by atoms with Gasteiger partial charge < -0.3 is 4.74 Å². The Morgan fingerprint density at radius 2 is 1.50 bits per heavy atom. The van der Waals surface area contributed by atoms with Gasteiger partial charge in [-0.1, -0.05) is 51.9 Å². The highest BCUT2D eigenvalue weighted by Crippen LogP contribution is 2.14. The monoisotopic (exact) mass is 294 g/mol. The van der Waals surface area contributed by atoms with E-state index in [0.29, 0.717) is 5.56 Å². The summed E-state index contributed by atoms with van der Waals surface area (Å²) in [5.41, 5.74) is 0.604. The third-order valence-corrected chi connectivity index (χ3v) is 3.63. The molecule has 0 bridgehead atoms. The van der Waals surface area contributed by atoms with Gasteiger partial charge in [0.25, 0.3) is 0 Å². The molecular weight excluding hydrogens is 268 g/mol. The summed E-state index contributed by atoms with van der Waals surface area (Å²) in [7, 11) is 0. The van der Waals surface area contributed by atoms with Crippen LogP contribution in [-0.4, -0.2) is 11.7 Å². The van der Waals surface area contributed by atoms with E-state index < -0.39 is 0 Å². The average Bonchev–Trinajstić information content (AvgIpc) is 2.46. The molecule has 2 nitrogen and oxygen atoms in total. The highest BCUT2D eigenvalue weighted by molar-refractivity contribution is 7.97. The molecule has 0 spiro atoms. The SMILES string of the molecule is CCCCCCCCCCOc1ccc(C(=O)S)cc1. The van der Waals surface area contributed by atoms with E-state index in [9.17, 15) is 4.79 Å². The first kappa shape index (κ1) is 17.1. The van der Waals surface area contributed by atoms with Crippen LogP contribution in [0.5, 0.6) is 5.75 Å². The van der Waals surface area contributed by atoms with Gasteiger partial charge in [-0.05, 0) is 30.7 Å². The lowest BCUT2D eigenvalue weighted by Gasteiger charge is -2.06. The lowest BCUT2D eigenvalue weighted by Crippen LogP contribution is -1.98. The van der Waals surface area contributed by atoms with E-state index in [4.69, 9.17) is 4.74 Å². The normalized spacial score (nSPS) is 10.5. The fourth-order valence-electron chi connectivity index (χ4n) is 2.12. The summed E-state index contributed by atoms with van der Waals surface area (Å²) >= 11 is 3.78. The molecule has 0 aliphatic heterocycles. The molecule has 3 heteroatoms. The molecule has 1 rings (SSSR count). The molecule has 0 unspecified atom stereocenters. The summed E-state index contributed by atoms with van der Waals surface area (Å²) in [6.07, 6.45) is 10.4. The number of unbranched alkanes of at least 4 members (excludes halogenated alkanes) is 7. The summed E-state index contributed by atoms with van der Waals surface area (Å²) in [4.78, 5) is 11.0. The van der Waals surface area contributed by atoms with Crippen molar-refractivity contribution in [3.63, 3.8) is 0 Å². The average molecular weight is 294 g/mol. The Labute approximate surface area is 128 Å². The minimum Gasteiger partial charge on any atom is -0.494 e. The van der Waals surface area contributed by atoms with Crippen molar-refractivity contribution < 1.29 is 9.53 Å². The van der Waals surface area contributed by atoms with E-state index >= 15 is 0 Å². The first-order valence-corrected chi connectivity index (χ1v) is 8.15. The molecule has 0 saturated carbocycles. The number of carbonyl (C=O) groups is 1. The second-order valence-electron chi connectivity index (χ2n) is 5.15. The maximum Gasteiger partial charge on any atom is 0.216 e. The highest BCUT2D eigenvalue weighted by Gasteiger charge is 2.00. The molecular formula is C17H26O2S. The Bertz CT molecular complexity index is 373. The second kappa shape index (κ2) is 10.8. The number of carbonyl (C=O) groups excluding carboxylic acids is 1. The molecule has 0 atom stereocenters. The van der Waals surface area contributed by atoms with Crippen LogP contribution in [0.3, 0.4) is 0 Å². The number of thiol groups is 1. The largest absolute Gasteiger partial charge is 0.494 e. The van der Waals surface area contributed by atoms with E-state index in [0.717, 1.165) is 18.8 Å². The first-order chi connectivity index (χ1) is 9.74. The smallest absolute Gasteiger partial charge is 0.216 e. The second-order valence-corrected chi connectivity index (χ2v) is 5.56. The zero-order valence-electron chi connectivity index (χ0n) is 12.4. The van der Waals surface area contributed by atoms with E-state index in [2.05, 4.69) is 19.6 Å². The minimum atomic E-state index is -0.209. The third kappa shape index (κ3) is 7.59. The van der Waals surface area contributed by atoms with Crippen LogP contribution < -0.4 is 4.74 Å². The summed E-state index contributed by atoms with van der Waals surface area (Å²) in [5, 5.41) is -0.209. The summed E-state index contributed by atoms with van der Waals surface area (Å²) in [6.45, 7) is 3.00. The quantitative estimate of drug-likeness (QED) is 0.444. The molecule has 1 aromatic rings. The zero-order chi connectivity index (χ0) is 14.6. The van der Waals surface area contributed by atoms with Gasteiger partial charge in [0.15, 0.2) is 0 Å². The molecule has 0 aliphatic rings. The van der Waals surface area contributed by atoms with Gasteiger partial charge in [-0.15, -0.1) is 12.6 Å². The summed E-state index contributed by atoms with van der Waals surface area (Å²) in [5.74, 6) is 0.825. The Hall–Kier alpha value is -0.960. The number of hydrogen-bond acceptors (Lipinski definition) is 2. The number of benzene rings is 1. The van der Waals surface area contributed by atoms with Crippen LogP contribution in [0.2, 0.25) is 0 Å². The number of ether oxygens (including phenoxy) is 1. The Balaban J connectivity index is 2.02. The first-order valence-electron chi connectivity index (χ1n) is 7.70. The Morgan fingerprint density at radius 3 is 2.05 bits per heavy atom. The van der Waals surface area contributed by atoms with E-state index in [1.165, 1.54) is 44.9 Å². The molecule has 1 aromatic carbocycles. The van der Waals surface area contributed by atoms with Crippen LogP contribution in [0.1, 0.15) is 68.6 Å². The molecule has 0 radical (unpaired) electrons. The molecule has 0 amide bonds. The van der Waals surface area contributed by atoms with E-state index in [1.54, 1.807) is 12.1 Å². The third-order valence-electron chi connectivity index (χ3n) is 3.37. The standard InChI is InChI=1S/C17H26O2S/c1-2-3-4-5-6-7-8-9-14-19-16-12-10-15(11-13-16)17(18)20/h10-13H,2-9,14H2,1H3,(H,18,20). The fraction of sp³-hybridized carbons (Fsp3) is 0.588. The molecule has 0 saturated heterocycles. The van der Waals surface area contributed by atoms with Gasteiger partial charge in [0.2, 0.25) is 5.12 Å². The lowest BCUT2D eigenvalue weighted by atomic mass is 10.1. The van der Waals surface area contributed by atoms with Crippen LogP contribution in [0.25, 0.3) is 0 Å². The van der Waals surface area contributed by atoms with Crippen molar-refractivity contribution in [3.05, 3.63) is 29.8 Å². The molecule has 0 aliphatic carbocycles. The molecule has 20 heavy (non-hydrogen) atoms. The van der Waals surface area contributed by atoms with E-state index in [-0.39, 0.29) is 5.12 Å². The van der Waals surface area contributed by atoms with Gasteiger partial charge in [-0.3, -0.25) is 4.79 Å². The van der Waals surface area contributed by atoms with Crippen molar-refractivity contribution in [2.24, 2.45) is 0 Å². The topological polar surface area (TPSA) is 26.3 Å². The fourth-order valence-corrected chi connectivity index (χ4v) is 2.27. The van der Waals surface area contributed by atoms with Gasteiger partial charge in [0.1, 0.15) is 5.75 Å². The molecule has 0 heterocycles. The maximum atomic E-state index is 11.0. The van der Waals surface area contributed by atoms with E-state index in [1.807, 2.05) is 12.1 Å². The van der Waals surface area contributed by atoms with Crippen molar-refractivity contribution in [2.45, 2.75) is 58.3 Å². The van der Waals surface area contributed by atoms with Crippen LogP contribution in [0.15, 0.2) is 24.3 Å². The maximum absolute atomic E-state index is 11.0. The molecule has 112 valence electrons. The summed E-state index contributed by atoms with van der Waals surface area (Å²) < 4.78 is 5.65. The Kier molecular flexibility index (Phi) is 9.22. The van der Waals surface area contributed by atoms with Crippen molar-refractivity contribution in [2.75, 3.05) is 6.61 Å². The number of rotatable bonds is 11. The van der Waals surface area contributed by atoms with Gasteiger partial charge in [0.05, 0.1) is 6.61 Å². The number of hydrogen-bond donors (Lipinski definition) is 1. The lowest BCUT2D eigenvalue weighted by molar-refractivity contribution is 0.109. The van der Waals surface area contributed by atoms with Crippen LogP contribution in [0, 0.1) is 0 Å². The van der Waals surface area contributed by atoms with Gasteiger partial charge >= 0.3 is 0 Å². The predicted octanol–water partition coefficient (Wildman–Crippen LogP) is 5.28. The van der Waals surface area contributed by atoms with Crippen molar-refractivity contribution in [1.82, 2.24) is 0 Å². The summed E-state index contributed by atoms with van der Waals surface area (Å²) in [6, 6.07) is 7.15. The van der Waals surface area contributed by atoms with Crippen molar-refractivity contribution in [1.29, 1.82) is 0 Å². The van der Waals surface area contributed by atoms with Crippen molar-refractivity contribution in [3.8, 4) is 5.75 Å². The van der Waals surface area contributed by atoms with Gasteiger partial charge in [0, 0.05) is 5.56 Å². The van der Waals surface area contributed by atoms with Crippen molar-refractivity contribution >= 4 is 17.7 Å². The zero-order valence-corrected chi connectivity index (χ0v) is 13.3. The predicted molar refractivity (Wildman–Crippen MR) is 87.9 cm³/mol. The molecule has 0 aromatic heterocycles. The Morgan fingerprint density at radius 1 is 0.950 bits per heavy atom.